The van der Waals surface area contributed by atoms with Crippen LogP contribution in [0, 0.1) is 0 Å². The monoisotopic (exact) mass is 651 g/mol. The van der Waals surface area contributed by atoms with Crippen LogP contribution in [0.4, 0.5) is 0 Å². The van der Waals surface area contributed by atoms with Crippen molar-refractivity contribution in [3.05, 3.63) is 175 Å². The first-order valence-electron chi connectivity index (χ1n) is 17.5. The maximum absolute atomic E-state index is 5.24. The molecular weight excluding hydrogens is 619 g/mol. The molecule has 7 aromatic carbocycles. The minimum atomic E-state index is -0.0869. The highest BCUT2D eigenvalue weighted by Crippen LogP contribution is 2.52. The van der Waals surface area contributed by atoms with E-state index in [2.05, 4.69) is 158 Å². The molecule has 0 N–H and O–H groups in total. The van der Waals surface area contributed by atoms with E-state index in [1.807, 2.05) is 24.5 Å². The Bertz CT molecular complexity index is 2830. The Balaban J connectivity index is 1.14. The molecule has 3 nitrogen and oxygen atoms in total. The number of hydrogen-bond acceptors (Lipinski definition) is 3. The molecule has 2 aromatic heterocycles. The average Bonchev–Trinajstić information content (AvgIpc) is 3.43. The summed E-state index contributed by atoms with van der Waals surface area (Å²) >= 11 is 0. The summed E-state index contributed by atoms with van der Waals surface area (Å²) in [6.45, 7) is 4.72. The molecule has 0 saturated heterocycles. The van der Waals surface area contributed by atoms with Gasteiger partial charge in [0, 0.05) is 39.9 Å². The normalized spacial score (nSPS) is 13.1. The number of nitrogens with zero attached hydrogens (tertiary/aromatic N) is 3. The van der Waals surface area contributed by atoms with Crippen LogP contribution in [-0.4, -0.2) is 15.0 Å². The van der Waals surface area contributed by atoms with Crippen molar-refractivity contribution in [1.82, 2.24) is 15.0 Å². The van der Waals surface area contributed by atoms with E-state index in [4.69, 9.17) is 9.97 Å². The smallest absolute Gasteiger partial charge is 0.161 e. The van der Waals surface area contributed by atoms with E-state index >= 15 is 0 Å². The summed E-state index contributed by atoms with van der Waals surface area (Å²) in [6, 6.07) is 54.5. The molecule has 3 heteroatoms. The van der Waals surface area contributed by atoms with E-state index in [9.17, 15) is 0 Å². The van der Waals surface area contributed by atoms with Crippen molar-refractivity contribution < 1.29 is 0 Å². The molecule has 51 heavy (non-hydrogen) atoms. The fraction of sp³-hybridized carbons (Fsp3) is 0.0625. The van der Waals surface area contributed by atoms with Gasteiger partial charge in [0.1, 0.15) is 0 Å². The van der Waals surface area contributed by atoms with Crippen LogP contribution in [0.1, 0.15) is 25.0 Å². The van der Waals surface area contributed by atoms with Gasteiger partial charge in [-0.2, -0.15) is 0 Å². The van der Waals surface area contributed by atoms with Gasteiger partial charge in [0.15, 0.2) is 5.82 Å². The molecule has 0 aliphatic heterocycles. The molecule has 0 amide bonds. The molecule has 10 rings (SSSR count). The molecule has 240 valence electrons. The Morgan fingerprint density at radius 1 is 0.431 bits per heavy atom. The summed E-state index contributed by atoms with van der Waals surface area (Å²) in [5, 5.41) is 7.17. The summed E-state index contributed by atoms with van der Waals surface area (Å²) in [5.41, 5.74) is 12.6. The van der Waals surface area contributed by atoms with Crippen molar-refractivity contribution >= 4 is 32.3 Å². The number of rotatable bonds is 4. The Morgan fingerprint density at radius 2 is 1.10 bits per heavy atom. The zero-order valence-corrected chi connectivity index (χ0v) is 28.4. The van der Waals surface area contributed by atoms with Gasteiger partial charge < -0.3 is 0 Å². The molecule has 0 spiro atoms. The van der Waals surface area contributed by atoms with Crippen molar-refractivity contribution in [2.24, 2.45) is 0 Å². The molecule has 0 unspecified atom stereocenters. The SMILES string of the molecule is CC1(C)c2ccc(-c3ccc(-c4nc(-c5ccccc5)cc(-c5ccc6ccncc6c5)n4)c4ccccc34)cc2-c2ccc3ccccc3c21. The molecule has 1 aliphatic rings. The number of pyridine rings is 1. The molecule has 2 heterocycles. The van der Waals surface area contributed by atoms with Crippen LogP contribution in [0.25, 0.3) is 88.5 Å². The molecule has 0 fully saturated rings. The van der Waals surface area contributed by atoms with E-state index in [1.54, 1.807) is 0 Å². The predicted octanol–water partition coefficient (Wildman–Crippen LogP) is 12.3. The van der Waals surface area contributed by atoms with Gasteiger partial charge in [-0.25, -0.2) is 9.97 Å². The van der Waals surface area contributed by atoms with Crippen LogP contribution in [-0.2, 0) is 5.41 Å². The summed E-state index contributed by atoms with van der Waals surface area (Å²) < 4.78 is 0. The third-order valence-corrected chi connectivity index (χ3v) is 10.7. The zero-order valence-electron chi connectivity index (χ0n) is 28.4. The van der Waals surface area contributed by atoms with Crippen molar-refractivity contribution in [2.45, 2.75) is 19.3 Å². The molecule has 0 radical (unpaired) electrons. The molecule has 0 saturated carbocycles. The standard InChI is InChI=1S/C48H33N3/c1-48(2)43-23-19-33(27-42(43)40-20-18-31-10-6-7-13-37(31)46(40)48)36-21-22-41(39-15-9-8-14-38(36)39)47-50-44(32-11-4-3-5-12-32)28-45(51-47)34-17-16-30-24-25-49-29-35(30)26-34/h3-29H,1-2H3. The van der Waals surface area contributed by atoms with Gasteiger partial charge in [0.25, 0.3) is 0 Å². The van der Waals surface area contributed by atoms with Crippen molar-refractivity contribution in [2.75, 3.05) is 0 Å². The quantitative estimate of drug-likeness (QED) is 0.190. The topological polar surface area (TPSA) is 38.7 Å². The summed E-state index contributed by atoms with van der Waals surface area (Å²) in [6.07, 6.45) is 3.74. The minimum absolute atomic E-state index is 0.0869. The summed E-state index contributed by atoms with van der Waals surface area (Å²) in [5.74, 6) is 0.705. The minimum Gasteiger partial charge on any atom is -0.264 e. The van der Waals surface area contributed by atoms with Gasteiger partial charge in [-0.05, 0) is 90.6 Å². The van der Waals surface area contributed by atoms with Gasteiger partial charge in [0.05, 0.1) is 11.4 Å². The lowest BCUT2D eigenvalue weighted by molar-refractivity contribution is 0.666. The van der Waals surface area contributed by atoms with Crippen molar-refractivity contribution in [3.63, 3.8) is 0 Å². The molecule has 1 aliphatic carbocycles. The highest BCUT2D eigenvalue weighted by atomic mass is 14.9. The Kier molecular flexibility index (Phi) is 6.53. The largest absolute Gasteiger partial charge is 0.264 e. The third kappa shape index (κ3) is 4.69. The van der Waals surface area contributed by atoms with Crippen LogP contribution >= 0.6 is 0 Å². The van der Waals surface area contributed by atoms with Crippen molar-refractivity contribution in [3.8, 4) is 56.2 Å². The first-order valence-corrected chi connectivity index (χ1v) is 17.5. The second-order valence-corrected chi connectivity index (χ2v) is 14.1. The highest BCUT2D eigenvalue weighted by molar-refractivity contribution is 6.05. The Labute approximate surface area is 297 Å². The number of fused-ring (bicyclic) bond motifs is 7. The third-order valence-electron chi connectivity index (χ3n) is 10.7. The van der Waals surface area contributed by atoms with Crippen LogP contribution in [0.3, 0.4) is 0 Å². The van der Waals surface area contributed by atoms with Gasteiger partial charge in [-0.1, -0.05) is 135 Å². The lowest BCUT2D eigenvalue weighted by atomic mass is 9.80. The van der Waals surface area contributed by atoms with Crippen molar-refractivity contribution in [1.29, 1.82) is 0 Å². The van der Waals surface area contributed by atoms with Crippen LogP contribution in [0.5, 0.6) is 0 Å². The second-order valence-electron chi connectivity index (χ2n) is 14.1. The summed E-state index contributed by atoms with van der Waals surface area (Å²) in [7, 11) is 0. The highest BCUT2D eigenvalue weighted by Gasteiger charge is 2.37. The Morgan fingerprint density at radius 3 is 1.94 bits per heavy atom. The van der Waals surface area contributed by atoms with E-state index in [1.165, 1.54) is 49.5 Å². The van der Waals surface area contributed by atoms with Gasteiger partial charge in [-0.15, -0.1) is 0 Å². The first-order chi connectivity index (χ1) is 25.0. The lowest BCUT2D eigenvalue weighted by Crippen LogP contribution is -2.15. The lowest BCUT2D eigenvalue weighted by Gasteiger charge is -2.23. The summed E-state index contributed by atoms with van der Waals surface area (Å²) in [4.78, 5) is 14.8. The predicted molar refractivity (Wildman–Crippen MR) is 212 cm³/mol. The maximum Gasteiger partial charge on any atom is 0.161 e. The van der Waals surface area contributed by atoms with Gasteiger partial charge in [0.2, 0.25) is 0 Å². The van der Waals surface area contributed by atoms with E-state index in [-0.39, 0.29) is 5.41 Å². The number of hydrogen-bond donors (Lipinski definition) is 0. The van der Waals surface area contributed by atoms with E-state index in [0.29, 0.717) is 5.82 Å². The number of benzene rings is 7. The molecular formula is C48H33N3. The van der Waals surface area contributed by atoms with E-state index < -0.39 is 0 Å². The number of aromatic nitrogens is 3. The van der Waals surface area contributed by atoms with Crippen LogP contribution < -0.4 is 0 Å². The second kappa shape index (κ2) is 11.3. The van der Waals surface area contributed by atoms with Gasteiger partial charge in [-0.3, -0.25) is 4.98 Å². The zero-order chi connectivity index (χ0) is 34.1. The maximum atomic E-state index is 5.24. The first kappa shape index (κ1) is 29.5. The van der Waals surface area contributed by atoms with E-state index in [0.717, 1.165) is 44.2 Å². The van der Waals surface area contributed by atoms with Gasteiger partial charge >= 0.3 is 0 Å². The fourth-order valence-corrected chi connectivity index (χ4v) is 8.25. The fourth-order valence-electron chi connectivity index (χ4n) is 8.25. The molecule has 9 aromatic rings. The molecule has 0 atom stereocenters. The van der Waals surface area contributed by atoms with Crippen LogP contribution in [0.2, 0.25) is 0 Å². The Hall–Kier alpha value is -6.45. The average molecular weight is 652 g/mol. The molecule has 0 bridgehead atoms. The van der Waals surface area contributed by atoms with Crippen LogP contribution in [0.15, 0.2) is 164 Å².